The highest BCUT2D eigenvalue weighted by molar-refractivity contribution is 7.13. The minimum Gasteiger partial charge on any atom is -0.462 e. The average molecular weight is 303 g/mol. The van der Waals surface area contributed by atoms with Crippen LogP contribution in [0.25, 0.3) is 10.8 Å². The van der Waals surface area contributed by atoms with Gasteiger partial charge in [0.25, 0.3) is 5.91 Å². The Morgan fingerprint density at radius 2 is 2.24 bits per heavy atom. The second-order valence-electron chi connectivity index (χ2n) is 5.24. The zero-order valence-corrected chi connectivity index (χ0v) is 12.0. The fourth-order valence-corrected chi connectivity index (χ4v) is 3.22. The Balaban J connectivity index is 1.51. The molecule has 1 aliphatic heterocycles. The van der Waals surface area contributed by atoms with Gasteiger partial charge in [-0.05, 0) is 25.0 Å². The summed E-state index contributed by atoms with van der Waals surface area (Å²) in [5.74, 6) is 0.560. The van der Waals surface area contributed by atoms with Crippen LogP contribution in [0.1, 0.15) is 18.5 Å². The van der Waals surface area contributed by atoms with Gasteiger partial charge in [-0.2, -0.15) is 0 Å². The molecular formula is C14H13N3O3S. The normalized spacial score (nSPS) is 18.9. The number of thiazole rings is 1. The monoisotopic (exact) mass is 303 g/mol. The van der Waals surface area contributed by atoms with E-state index in [9.17, 15) is 9.59 Å². The molecule has 3 amide bonds. The Bertz CT molecular complexity index is 690. The highest BCUT2D eigenvalue weighted by Gasteiger charge is 2.43. The van der Waals surface area contributed by atoms with E-state index in [4.69, 9.17) is 4.42 Å². The molecule has 21 heavy (non-hydrogen) atoms. The molecule has 0 N–H and O–H groups in total. The largest absolute Gasteiger partial charge is 0.462 e. The zero-order chi connectivity index (χ0) is 14.4. The molecule has 6 nitrogen and oxygen atoms in total. The van der Waals surface area contributed by atoms with Gasteiger partial charge < -0.3 is 9.32 Å². The minimum atomic E-state index is -0.185. The van der Waals surface area contributed by atoms with Crippen LogP contribution in [0.3, 0.4) is 0 Å². The topological polar surface area (TPSA) is 66.7 Å². The lowest BCUT2D eigenvalue weighted by Crippen LogP contribution is -2.33. The SMILES string of the molecule is O=C1CN(C2CC2)C(=O)N1Cc1csc(-c2ccco2)n1. The van der Waals surface area contributed by atoms with Gasteiger partial charge in [0.05, 0.1) is 18.5 Å². The van der Waals surface area contributed by atoms with Crippen LogP contribution >= 0.6 is 11.3 Å². The van der Waals surface area contributed by atoms with Crippen molar-refractivity contribution in [3.63, 3.8) is 0 Å². The summed E-state index contributed by atoms with van der Waals surface area (Å²) in [4.78, 5) is 31.6. The molecule has 1 saturated carbocycles. The Morgan fingerprint density at radius 3 is 2.95 bits per heavy atom. The Labute approximate surface area is 125 Å². The van der Waals surface area contributed by atoms with Crippen LogP contribution < -0.4 is 0 Å². The maximum absolute atomic E-state index is 12.2. The van der Waals surface area contributed by atoms with Gasteiger partial charge in [-0.3, -0.25) is 9.69 Å². The van der Waals surface area contributed by atoms with Crippen LogP contribution in [-0.2, 0) is 11.3 Å². The molecule has 1 saturated heterocycles. The van der Waals surface area contributed by atoms with Crippen molar-refractivity contribution in [3.05, 3.63) is 29.5 Å². The van der Waals surface area contributed by atoms with Crippen molar-refractivity contribution in [3.8, 4) is 10.8 Å². The lowest BCUT2D eigenvalue weighted by molar-refractivity contribution is -0.125. The Hall–Kier alpha value is -2.15. The molecule has 7 heteroatoms. The van der Waals surface area contributed by atoms with Crippen molar-refractivity contribution in [2.24, 2.45) is 0 Å². The first-order chi connectivity index (χ1) is 10.2. The number of rotatable bonds is 4. The number of aromatic nitrogens is 1. The summed E-state index contributed by atoms with van der Waals surface area (Å²) in [6, 6.07) is 3.72. The van der Waals surface area contributed by atoms with Crippen LogP contribution in [0, 0.1) is 0 Å². The minimum absolute atomic E-state index is 0.139. The van der Waals surface area contributed by atoms with Gasteiger partial charge in [0.2, 0.25) is 0 Å². The number of urea groups is 1. The Morgan fingerprint density at radius 1 is 1.38 bits per heavy atom. The summed E-state index contributed by atoms with van der Waals surface area (Å²) in [5.41, 5.74) is 0.714. The molecule has 0 spiro atoms. The summed E-state index contributed by atoms with van der Waals surface area (Å²) in [6.45, 7) is 0.441. The third kappa shape index (κ3) is 2.23. The van der Waals surface area contributed by atoms with E-state index in [2.05, 4.69) is 4.98 Å². The van der Waals surface area contributed by atoms with E-state index in [-0.39, 0.29) is 31.1 Å². The van der Waals surface area contributed by atoms with E-state index in [0.717, 1.165) is 17.8 Å². The van der Waals surface area contributed by atoms with E-state index in [0.29, 0.717) is 11.5 Å². The number of carbonyl (C=O) groups excluding carboxylic acids is 2. The maximum Gasteiger partial charge on any atom is 0.327 e. The molecule has 0 bridgehead atoms. The van der Waals surface area contributed by atoms with Crippen LogP contribution in [0.2, 0.25) is 0 Å². The molecule has 0 atom stereocenters. The third-order valence-electron chi connectivity index (χ3n) is 3.67. The number of nitrogens with zero attached hydrogens (tertiary/aromatic N) is 3. The highest BCUT2D eigenvalue weighted by Crippen LogP contribution is 2.31. The smallest absolute Gasteiger partial charge is 0.327 e. The first kappa shape index (κ1) is 12.6. The molecule has 0 radical (unpaired) electrons. The summed E-state index contributed by atoms with van der Waals surface area (Å²) in [5, 5.41) is 2.62. The molecule has 0 aromatic carbocycles. The number of amides is 3. The lowest BCUT2D eigenvalue weighted by atomic mass is 10.4. The predicted octanol–water partition coefficient (Wildman–Crippen LogP) is 2.33. The summed E-state index contributed by atoms with van der Waals surface area (Å²) in [7, 11) is 0. The number of hydrogen-bond donors (Lipinski definition) is 0. The Kier molecular flexibility index (Phi) is 2.81. The van der Waals surface area contributed by atoms with Gasteiger partial charge in [-0.15, -0.1) is 11.3 Å². The maximum atomic E-state index is 12.2. The van der Waals surface area contributed by atoms with Gasteiger partial charge in [0.15, 0.2) is 10.8 Å². The molecular weight excluding hydrogens is 290 g/mol. The third-order valence-corrected chi connectivity index (χ3v) is 4.58. The molecule has 3 heterocycles. The first-order valence-corrected chi connectivity index (χ1v) is 7.69. The lowest BCUT2D eigenvalue weighted by Gasteiger charge is -2.15. The number of hydrogen-bond acceptors (Lipinski definition) is 5. The second kappa shape index (κ2) is 4.70. The molecule has 2 aromatic heterocycles. The van der Waals surface area contributed by atoms with Crippen LogP contribution in [-0.4, -0.2) is 39.3 Å². The van der Waals surface area contributed by atoms with Crippen molar-refractivity contribution >= 4 is 23.3 Å². The van der Waals surface area contributed by atoms with Crippen LogP contribution in [0.5, 0.6) is 0 Å². The quantitative estimate of drug-likeness (QED) is 0.813. The fourth-order valence-electron chi connectivity index (χ4n) is 2.44. The van der Waals surface area contributed by atoms with E-state index in [1.807, 2.05) is 11.4 Å². The molecule has 4 rings (SSSR count). The standard InChI is InChI=1S/C14H13N3O3S/c18-12-7-16(10-3-4-10)14(19)17(12)6-9-8-21-13(15-9)11-2-1-5-20-11/h1-2,5,8,10H,3-4,6-7H2. The van der Waals surface area contributed by atoms with Crippen molar-refractivity contribution in [2.75, 3.05) is 6.54 Å². The first-order valence-electron chi connectivity index (χ1n) is 6.81. The summed E-state index contributed by atoms with van der Waals surface area (Å²) in [6.07, 6.45) is 3.61. The summed E-state index contributed by atoms with van der Waals surface area (Å²) < 4.78 is 5.29. The molecule has 108 valence electrons. The van der Waals surface area contributed by atoms with Crippen molar-refractivity contribution in [1.29, 1.82) is 0 Å². The number of imide groups is 1. The van der Waals surface area contributed by atoms with E-state index in [1.165, 1.54) is 16.2 Å². The number of furan rings is 1. The van der Waals surface area contributed by atoms with Gasteiger partial charge in [0, 0.05) is 11.4 Å². The molecule has 2 aliphatic rings. The number of carbonyl (C=O) groups is 2. The predicted molar refractivity (Wildman–Crippen MR) is 75.5 cm³/mol. The molecule has 2 aromatic rings. The van der Waals surface area contributed by atoms with E-state index < -0.39 is 0 Å². The van der Waals surface area contributed by atoms with Crippen molar-refractivity contribution in [2.45, 2.75) is 25.4 Å². The second-order valence-corrected chi connectivity index (χ2v) is 6.10. The molecule has 0 unspecified atom stereocenters. The van der Waals surface area contributed by atoms with Crippen molar-refractivity contribution in [1.82, 2.24) is 14.8 Å². The van der Waals surface area contributed by atoms with Gasteiger partial charge >= 0.3 is 6.03 Å². The van der Waals surface area contributed by atoms with Gasteiger partial charge in [-0.1, -0.05) is 0 Å². The van der Waals surface area contributed by atoms with E-state index in [1.54, 1.807) is 17.2 Å². The van der Waals surface area contributed by atoms with Crippen molar-refractivity contribution < 1.29 is 14.0 Å². The van der Waals surface area contributed by atoms with Gasteiger partial charge in [-0.25, -0.2) is 9.78 Å². The fraction of sp³-hybridized carbons (Fsp3) is 0.357. The highest BCUT2D eigenvalue weighted by atomic mass is 32.1. The van der Waals surface area contributed by atoms with Crippen LogP contribution in [0.4, 0.5) is 4.79 Å². The van der Waals surface area contributed by atoms with Crippen LogP contribution in [0.15, 0.2) is 28.2 Å². The average Bonchev–Trinajstić information content (AvgIpc) is 2.90. The molecule has 2 fully saturated rings. The van der Waals surface area contributed by atoms with E-state index >= 15 is 0 Å². The summed E-state index contributed by atoms with van der Waals surface area (Å²) >= 11 is 1.44. The van der Waals surface area contributed by atoms with Gasteiger partial charge in [0.1, 0.15) is 6.54 Å². The molecule has 1 aliphatic carbocycles. The zero-order valence-electron chi connectivity index (χ0n) is 11.2.